The molecular formula is C65H74N4O7S2. The van der Waals surface area contributed by atoms with Gasteiger partial charge in [0.1, 0.15) is 23.7 Å². The number of carbonyl (C=O) groups excluding carboxylic acids is 1. The largest absolute Gasteiger partial charge is 0.508 e. The van der Waals surface area contributed by atoms with Crippen LogP contribution < -0.4 is 20.5 Å². The van der Waals surface area contributed by atoms with Gasteiger partial charge in [-0.2, -0.15) is 0 Å². The van der Waals surface area contributed by atoms with Crippen LogP contribution in [0.5, 0.6) is 17.2 Å². The molecule has 78 heavy (non-hydrogen) atoms. The summed E-state index contributed by atoms with van der Waals surface area (Å²) in [4.78, 5) is 18.0. The lowest BCUT2D eigenvalue weighted by Gasteiger charge is -2.56. The van der Waals surface area contributed by atoms with Crippen molar-refractivity contribution in [1.29, 1.82) is 0 Å². The molecule has 0 amide bonds. The third-order valence-corrected chi connectivity index (χ3v) is 24.6. The van der Waals surface area contributed by atoms with Crippen molar-refractivity contribution in [2.75, 3.05) is 12.3 Å². The van der Waals surface area contributed by atoms with Crippen molar-refractivity contribution in [2.24, 2.45) is 51.6 Å². The zero-order valence-electron chi connectivity index (χ0n) is 44.7. The summed E-state index contributed by atoms with van der Waals surface area (Å²) < 4.78 is 16.3. The second-order valence-electron chi connectivity index (χ2n) is 26.3. The average Bonchev–Trinajstić information content (AvgIpc) is 3.72. The Bertz CT molecular complexity index is 3310. The molecule has 0 saturated heterocycles. The van der Waals surface area contributed by atoms with Crippen molar-refractivity contribution in [2.45, 2.75) is 176 Å². The van der Waals surface area contributed by atoms with Crippen LogP contribution in [0, 0.1) is 69.7 Å². The minimum atomic E-state index is -1.09. The highest BCUT2D eigenvalue weighted by molar-refractivity contribution is 8.76. The Kier molecular flexibility index (Phi) is 12.3. The number of Topliss-reactive ketones (excluding diaryl/α,β-unsaturated/α-hetero) is 1. The number of phenolic OH excluding ortho intramolecular Hbond substituents is 1. The van der Waals surface area contributed by atoms with Gasteiger partial charge in [0, 0.05) is 89.3 Å². The SMILES string of the molecule is N[C@H]1NC[C@]23CSSCc4c(CCC(=O)C[C@H](O)[C@H]5C=C6C=C[C@H]7CCCC[C@@H]7[C@@H]6C[C@H]5O)c(O)cc5c4O[C@@H]4[C@@H](C#C[C@H](O)c6ccc1c2c6[C@@H](c1c[nH]c2cn4cc12)[C@]1(CCC2(CCCC2)C1)C3)C1(C#CO5)CCCC1. The molecule has 4 aromatic rings. The minimum Gasteiger partial charge on any atom is -0.508 e. The second-order valence-corrected chi connectivity index (χ2v) is 28.8. The number of ether oxygens (including phenoxy) is 2. The molecule has 13 heteroatoms. The summed E-state index contributed by atoms with van der Waals surface area (Å²) in [5, 5.41) is 53.6. The molecule has 4 saturated carbocycles. The molecule has 4 spiro atoms. The number of hydrogen-bond acceptors (Lipinski definition) is 11. The quantitative estimate of drug-likeness (QED) is 0.0723. The molecule has 0 unspecified atom stereocenters. The third-order valence-electron chi connectivity index (χ3n) is 22.1. The van der Waals surface area contributed by atoms with Crippen molar-refractivity contribution in [3.05, 3.63) is 99.5 Å². The maximum atomic E-state index is 14.2. The van der Waals surface area contributed by atoms with Crippen LogP contribution in [0.1, 0.15) is 185 Å². The lowest BCUT2D eigenvalue weighted by atomic mass is 9.50. The van der Waals surface area contributed by atoms with Gasteiger partial charge >= 0.3 is 0 Å². The molecule has 4 fully saturated rings. The first-order chi connectivity index (χ1) is 37.9. The Morgan fingerprint density at radius 3 is 2.67 bits per heavy atom. The first-order valence-electron chi connectivity index (χ1n) is 29.7. The van der Waals surface area contributed by atoms with Gasteiger partial charge in [-0.15, -0.1) is 0 Å². The maximum absolute atomic E-state index is 14.2. The minimum absolute atomic E-state index is 0.00165. The highest BCUT2D eigenvalue weighted by Gasteiger charge is 2.62. The lowest BCUT2D eigenvalue weighted by molar-refractivity contribution is -0.122. The van der Waals surface area contributed by atoms with E-state index in [9.17, 15) is 25.2 Å². The van der Waals surface area contributed by atoms with Gasteiger partial charge in [-0.05, 0) is 139 Å². The fourth-order valence-corrected chi connectivity index (χ4v) is 21.3. The summed E-state index contributed by atoms with van der Waals surface area (Å²) in [5.74, 6) is 13.1. The number of ketones is 1. The highest BCUT2D eigenvalue weighted by atomic mass is 33.1. The van der Waals surface area contributed by atoms with E-state index in [4.69, 9.17) is 15.2 Å². The number of aromatic amines is 1. The van der Waals surface area contributed by atoms with Crippen molar-refractivity contribution >= 4 is 38.3 Å². The summed E-state index contributed by atoms with van der Waals surface area (Å²) in [7, 11) is 3.58. The maximum Gasteiger partial charge on any atom is 0.191 e. The summed E-state index contributed by atoms with van der Waals surface area (Å²) in [5.41, 5.74) is 15.7. The molecule has 10 bridgehead atoms. The van der Waals surface area contributed by atoms with Gasteiger partial charge in [0.15, 0.2) is 17.7 Å². The van der Waals surface area contributed by atoms with Crippen LogP contribution in [0.3, 0.4) is 0 Å². The fraction of sp³-hybridized carbons (Fsp3) is 0.585. The van der Waals surface area contributed by atoms with Crippen LogP contribution in [-0.2, 0) is 22.4 Å². The predicted octanol–water partition coefficient (Wildman–Crippen LogP) is 11.3. The van der Waals surface area contributed by atoms with E-state index in [0.717, 1.165) is 78.3 Å². The molecule has 13 atom stereocenters. The standard InChI is InChI=1S/C65H74N4O7S2/c66-60-43-14-13-42-51(71)16-15-49-61-69-30-47-46(29-67-50(47)31-69)58-56(42)57(43)65(35-68-60,34-64(58)22-21-62(33-64)17-3-4-18-62)36-78-77-32-48-41(54(74)28-55(59(48)76-61)75-24-23-63(49)19-5-6-20-63)12-11-39(70)26-52(72)45-25-38-10-9-37-7-1-2-8-40(37)44(38)27-53(45)73/h9-10,13-14,25,28-31,37,40,44-45,49,51-53,58,60-61,67-68,71-74H,1-8,11-12,17-22,26-27,32-36,66H2/t37-,40+,44-,45-,49-,51+,52+,53-,58-,60+,61-,64+,65-/m1/s1. The Labute approximate surface area is 466 Å². The summed E-state index contributed by atoms with van der Waals surface area (Å²) in [6.45, 7) is 0.710. The molecule has 0 radical (unpaired) electrons. The van der Waals surface area contributed by atoms with Gasteiger partial charge in [0.05, 0.1) is 35.2 Å². The zero-order valence-corrected chi connectivity index (χ0v) is 46.3. The Balaban J connectivity index is 0.856. The second kappa shape index (κ2) is 19.0. The number of aromatic hydroxyl groups is 1. The van der Waals surface area contributed by atoms with E-state index < -0.39 is 41.8 Å². The molecule has 17 rings (SSSR count). The van der Waals surface area contributed by atoms with E-state index in [2.05, 4.69) is 87.7 Å². The number of rotatable bonds is 6. The molecule has 8 N–H and O–H groups in total. The Morgan fingerprint density at radius 1 is 0.962 bits per heavy atom. The van der Waals surface area contributed by atoms with Gasteiger partial charge in [-0.1, -0.05) is 108 Å². The van der Waals surface area contributed by atoms with Gasteiger partial charge in [-0.3, -0.25) is 10.1 Å². The third kappa shape index (κ3) is 7.93. The van der Waals surface area contributed by atoms with E-state index in [0.29, 0.717) is 58.9 Å². The number of H-pyrrole nitrogens is 1. The van der Waals surface area contributed by atoms with Crippen LogP contribution in [0.4, 0.5) is 0 Å². The summed E-state index contributed by atoms with van der Waals surface area (Å²) >= 11 is 0. The van der Waals surface area contributed by atoms with Crippen LogP contribution in [0.15, 0.2) is 60.6 Å². The number of nitrogens with zero attached hydrogens (tertiary/aromatic N) is 1. The topological polar surface area (TPSA) is 175 Å². The number of aliphatic hydroxyl groups is 3. The first kappa shape index (κ1) is 50.4. The van der Waals surface area contributed by atoms with Gasteiger partial charge in [0.25, 0.3) is 0 Å². The summed E-state index contributed by atoms with van der Waals surface area (Å²) in [6, 6.07) is 5.92. The van der Waals surface area contributed by atoms with Crippen LogP contribution in [0.25, 0.3) is 10.9 Å². The normalized spacial score (nSPS) is 35.5. The van der Waals surface area contributed by atoms with Crippen LogP contribution in [0.2, 0.25) is 0 Å². The number of aliphatic hydroxyl groups excluding tert-OH is 3. The number of fused-ring (bicyclic) bond motifs is 4. The van der Waals surface area contributed by atoms with Gasteiger partial charge in [0.2, 0.25) is 0 Å². The summed E-state index contributed by atoms with van der Waals surface area (Å²) in [6.07, 6.45) is 31.2. The number of aromatic nitrogens is 2. The molecule has 6 aliphatic heterocycles. The number of carbonyl (C=O) groups is 1. The van der Waals surface area contributed by atoms with E-state index in [1.807, 2.05) is 10.8 Å². The van der Waals surface area contributed by atoms with Gasteiger partial charge in [-0.25, -0.2) is 0 Å². The predicted molar refractivity (Wildman–Crippen MR) is 304 cm³/mol. The highest BCUT2D eigenvalue weighted by Crippen LogP contribution is 2.71. The molecule has 7 aliphatic carbocycles. The van der Waals surface area contributed by atoms with Gasteiger partial charge < -0.3 is 45.2 Å². The molecule has 11 nitrogen and oxygen atoms in total. The molecule has 13 aliphatic rings. The molecule has 8 heterocycles. The molecular weight excluding hydrogens is 1010 g/mol. The smallest absolute Gasteiger partial charge is 0.191 e. The number of allylic oxidation sites excluding steroid dienone is 3. The number of hydrogen-bond donors (Lipinski definition) is 7. The van der Waals surface area contributed by atoms with Crippen LogP contribution >= 0.6 is 21.6 Å². The lowest BCUT2D eigenvalue weighted by Crippen LogP contribution is -2.56. The number of benzene rings is 2. The molecule has 408 valence electrons. The van der Waals surface area contributed by atoms with Crippen LogP contribution in [-0.4, -0.2) is 60.3 Å². The Morgan fingerprint density at radius 2 is 1.79 bits per heavy atom. The fourth-order valence-electron chi connectivity index (χ4n) is 18.6. The average molecular weight is 1090 g/mol. The van der Waals surface area contributed by atoms with Crippen molar-refractivity contribution in [3.8, 4) is 41.1 Å². The number of phenols is 1. The van der Waals surface area contributed by atoms with Crippen molar-refractivity contribution < 1.29 is 34.7 Å². The van der Waals surface area contributed by atoms with Crippen molar-refractivity contribution in [1.82, 2.24) is 14.9 Å². The van der Waals surface area contributed by atoms with E-state index >= 15 is 0 Å². The monoisotopic (exact) mass is 1090 g/mol. The Hall–Kier alpha value is -4.57. The number of nitrogens with one attached hydrogen (secondary N) is 2. The van der Waals surface area contributed by atoms with E-state index in [1.54, 1.807) is 16.9 Å². The van der Waals surface area contributed by atoms with E-state index in [1.165, 1.54) is 80.1 Å². The van der Waals surface area contributed by atoms with E-state index in [-0.39, 0.29) is 53.7 Å². The first-order valence-corrected chi connectivity index (χ1v) is 32.2. The van der Waals surface area contributed by atoms with Crippen molar-refractivity contribution in [3.63, 3.8) is 0 Å². The molecule has 2 aromatic heterocycles. The molecule has 2 aromatic carbocycles. The number of nitrogens with two attached hydrogens (primary N) is 1. The zero-order chi connectivity index (χ0) is 52.7.